The number of nitrogens with zero attached hydrogens (tertiary/aromatic N) is 1. The van der Waals surface area contributed by atoms with Crippen molar-refractivity contribution in [2.24, 2.45) is 0 Å². The maximum absolute atomic E-state index is 10.9. The molecular weight excluding hydrogens is 326 g/mol. The molecule has 3 N–H and O–H groups in total. The van der Waals surface area contributed by atoms with E-state index < -0.39 is 5.97 Å². The zero-order valence-electron chi connectivity index (χ0n) is 15.8. The van der Waals surface area contributed by atoms with Gasteiger partial charge in [0.15, 0.2) is 0 Å². The van der Waals surface area contributed by atoms with Gasteiger partial charge in [0.05, 0.1) is 0 Å². The molecule has 0 saturated carbocycles. The molecule has 0 aromatic heterocycles. The molecule has 5 nitrogen and oxygen atoms in total. The lowest BCUT2D eigenvalue weighted by Gasteiger charge is -2.22. The fourth-order valence-corrected chi connectivity index (χ4v) is 2.54. The van der Waals surface area contributed by atoms with Crippen molar-refractivity contribution in [3.63, 3.8) is 0 Å². The van der Waals surface area contributed by atoms with E-state index in [-0.39, 0.29) is 19.0 Å². The van der Waals surface area contributed by atoms with E-state index in [4.69, 9.17) is 5.11 Å². The topological polar surface area (TPSA) is 64.6 Å². The van der Waals surface area contributed by atoms with E-state index in [9.17, 15) is 4.79 Å². The Kier molecular flexibility index (Phi) is 22.3. The third-order valence-corrected chi connectivity index (χ3v) is 3.96. The van der Waals surface area contributed by atoms with Crippen molar-refractivity contribution in [2.45, 2.75) is 90.9 Å². The first kappa shape index (κ1) is 25.9. The van der Waals surface area contributed by atoms with Gasteiger partial charge in [0.1, 0.15) is 6.54 Å². The van der Waals surface area contributed by atoms with E-state index in [0.717, 1.165) is 25.9 Å². The summed E-state index contributed by atoms with van der Waals surface area (Å²) in [7, 11) is 0. The summed E-state index contributed by atoms with van der Waals surface area (Å²) in [4.78, 5) is 10.9. The summed E-state index contributed by atoms with van der Waals surface area (Å²) in [6.07, 6.45) is 15.0. The van der Waals surface area contributed by atoms with Crippen LogP contribution >= 0.6 is 12.4 Å². The second-order valence-corrected chi connectivity index (χ2v) is 6.33. The number of nitrogens with one attached hydrogen (secondary N) is 2. The van der Waals surface area contributed by atoms with Gasteiger partial charge in [-0.2, -0.15) is 5.12 Å². The number of aliphatic carboxylic acids is 1. The Morgan fingerprint density at radius 3 is 1.50 bits per heavy atom. The molecule has 0 aromatic carbocycles. The fraction of sp³-hybridized carbons (Fsp3) is 0.944. The lowest BCUT2D eigenvalue weighted by Crippen LogP contribution is -2.51. The van der Waals surface area contributed by atoms with Crippen LogP contribution in [0.2, 0.25) is 0 Å². The van der Waals surface area contributed by atoms with E-state index in [2.05, 4.69) is 24.7 Å². The maximum atomic E-state index is 10.9. The molecule has 0 saturated heterocycles. The fourth-order valence-electron chi connectivity index (χ4n) is 2.54. The Morgan fingerprint density at radius 1 is 0.750 bits per heavy atom. The summed E-state index contributed by atoms with van der Waals surface area (Å²) in [6, 6.07) is 0. The molecule has 0 spiro atoms. The number of rotatable bonds is 18. The van der Waals surface area contributed by atoms with E-state index in [0.29, 0.717) is 0 Å². The van der Waals surface area contributed by atoms with Gasteiger partial charge in [0, 0.05) is 13.1 Å². The lowest BCUT2D eigenvalue weighted by atomic mass is 10.1. The third-order valence-electron chi connectivity index (χ3n) is 3.96. The van der Waals surface area contributed by atoms with Crippen molar-refractivity contribution in [2.75, 3.05) is 19.6 Å². The number of unbranched alkanes of at least 4 members (excludes halogenated alkanes) is 10. The van der Waals surface area contributed by atoms with Crippen molar-refractivity contribution >= 4 is 18.4 Å². The van der Waals surface area contributed by atoms with Gasteiger partial charge in [-0.15, -0.1) is 12.4 Å². The van der Waals surface area contributed by atoms with E-state index in [1.165, 1.54) is 64.2 Å². The molecule has 0 bridgehead atoms. The molecule has 0 radical (unpaired) electrons. The highest BCUT2D eigenvalue weighted by atomic mass is 35.5. The molecule has 0 fully saturated rings. The van der Waals surface area contributed by atoms with E-state index in [1.807, 2.05) is 0 Å². The van der Waals surface area contributed by atoms with Crippen LogP contribution in [0.3, 0.4) is 0 Å². The van der Waals surface area contributed by atoms with Crippen LogP contribution < -0.4 is 10.9 Å². The summed E-state index contributed by atoms with van der Waals surface area (Å²) >= 11 is 0. The minimum Gasteiger partial charge on any atom is -0.480 e. The van der Waals surface area contributed by atoms with Crippen molar-refractivity contribution in [3.8, 4) is 0 Å². The normalized spacial score (nSPS) is 10.8. The monoisotopic (exact) mass is 365 g/mol. The van der Waals surface area contributed by atoms with Crippen LogP contribution in [-0.2, 0) is 4.79 Å². The summed E-state index contributed by atoms with van der Waals surface area (Å²) < 4.78 is 0. The Labute approximate surface area is 155 Å². The Balaban J connectivity index is 0. The molecule has 0 heterocycles. The highest BCUT2D eigenvalue weighted by Gasteiger charge is 2.07. The van der Waals surface area contributed by atoms with Crippen LogP contribution in [0, 0.1) is 0 Å². The van der Waals surface area contributed by atoms with Gasteiger partial charge in [-0.1, -0.05) is 78.1 Å². The zero-order valence-corrected chi connectivity index (χ0v) is 16.6. The molecule has 0 atom stereocenters. The number of hydrogen-bond donors (Lipinski definition) is 3. The Bertz CT molecular complexity index is 251. The summed E-state index contributed by atoms with van der Waals surface area (Å²) in [5.41, 5.74) is 6.39. The Hall–Kier alpha value is -0.360. The van der Waals surface area contributed by atoms with Crippen LogP contribution in [0.5, 0.6) is 0 Å². The molecule has 0 aliphatic heterocycles. The SMILES string of the molecule is CCCCCCCCNN(CC(=O)O)NCCCCCCCC.Cl. The number of carboxylic acids is 1. The van der Waals surface area contributed by atoms with Crippen LogP contribution in [0.15, 0.2) is 0 Å². The highest BCUT2D eigenvalue weighted by Crippen LogP contribution is 2.05. The van der Waals surface area contributed by atoms with Crippen LogP contribution in [0.1, 0.15) is 90.9 Å². The second kappa shape index (κ2) is 20.7. The molecule has 0 rings (SSSR count). The summed E-state index contributed by atoms with van der Waals surface area (Å²) in [6.45, 7) is 6.11. The van der Waals surface area contributed by atoms with Crippen LogP contribution in [0.25, 0.3) is 0 Å². The zero-order chi connectivity index (χ0) is 17.2. The van der Waals surface area contributed by atoms with Gasteiger partial charge < -0.3 is 5.11 Å². The number of carboxylic acid groups (broad SMARTS) is 1. The predicted molar refractivity (Wildman–Crippen MR) is 104 cm³/mol. The van der Waals surface area contributed by atoms with Crippen molar-refractivity contribution in [1.29, 1.82) is 0 Å². The molecular formula is C18H40ClN3O2. The molecule has 0 aliphatic carbocycles. The smallest absolute Gasteiger partial charge is 0.320 e. The molecule has 24 heavy (non-hydrogen) atoms. The molecule has 0 aromatic rings. The first-order valence-corrected chi connectivity index (χ1v) is 9.67. The quantitative estimate of drug-likeness (QED) is 0.246. The number of hydrogen-bond acceptors (Lipinski definition) is 4. The van der Waals surface area contributed by atoms with E-state index in [1.54, 1.807) is 5.12 Å². The van der Waals surface area contributed by atoms with Crippen molar-refractivity contribution in [3.05, 3.63) is 0 Å². The van der Waals surface area contributed by atoms with Gasteiger partial charge in [-0.05, 0) is 12.8 Å². The van der Waals surface area contributed by atoms with Crippen molar-refractivity contribution < 1.29 is 9.90 Å². The predicted octanol–water partition coefficient (Wildman–Crippen LogP) is 4.53. The summed E-state index contributed by atoms with van der Waals surface area (Å²) in [5, 5.41) is 10.6. The standard InChI is InChI=1S/C18H39N3O2.ClH/c1-3-5-7-9-11-13-15-19-21(17-18(22)23)20-16-14-12-10-8-6-4-2;/h19-20H,3-17H2,1-2H3,(H,22,23);1H. The van der Waals surface area contributed by atoms with Crippen LogP contribution in [0.4, 0.5) is 0 Å². The Morgan fingerprint density at radius 2 is 1.12 bits per heavy atom. The molecule has 0 unspecified atom stereocenters. The van der Waals surface area contributed by atoms with Gasteiger partial charge in [0.25, 0.3) is 0 Å². The third kappa shape index (κ3) is 19.7. The van der Waals surface area contributed by atoms with Gasteiger partial charge >= 0.3 is 5.97 Å². The molecule has 6 heteroatoms. The average molecular weight is 366 g/mol. The first-order valence-electron chi connectivity index (χ1n) is 9.67. The van der Waals surface area contributed by atoms with Gasteiger partial charge in [-0.3, -0.25) is 4.79 Å². The first-order chi connectivity index (χ1) is 11.2. The average Bonchev–Trinajstić information content (AvgIpc) is 2.52. The number of halogens is 1. The minimum atomic E-state index is -0.809. The second-order valence-electron chi connectivity index (χ2n) is 6.33. The summed E-state index contributed by atoms with van der Waals surface area (Å²) in [5.74, 6) is -0.809. The number of carbonyl (C=O) groups is 1. The van der Waals surface area contributed by atoms with Crippen LogP contribution in [-0.4, -0.2) is 35.8 Å². The highest BCUT2D eigenvalue weighted by molar-refractivity contribution is 5.85. The lowest BCUT2D eigenvalue weighted by molar-refractivity contribution is -0.140. The molecule has 146 valence electrons. The number of hydrazine groups is 2. The van der Waals surface area contributed by atoms with Gasteiger partial charge in [-0.25, -0.2) is 10.9 Å². The van der Waals surface area contributed by atoms with Crippen molar-refractivity contribution in [1.82, 2.24) is 16.0 Å². The largest absolute Gasteiger partial charge is 0.480 e. The van der Waals surface area contributed by atoms with Gasteiger partial charge in [0.2, 0.25) is 0 Å². The minimum absolute atomic E-state index is 0. The molecule has 0 amide bonds. The molecule has 0 aliphatic rings. The van der Waals surface area contributed by atoms with E-state index >= 15 is 0 Å². The maximum Gasteiger partial charge on any atom is 0.320 e.